The maximum absolute atomic E-state index is 12.0. The predicted octanol–water partition coefficient (Wildman–Crippen LogP) is 0.427. The molecule has 1 aromatic carbocycles. The van der Waals surface area contributed by atoms with Gasteiger partial charge in [-0.3, -0.25) is 4.31 Å². The summed E-state index contributed by atoms with van der Waals surface area (Å²) in [6.45, 7) is 1.77. The van der Waals surface area contributed by atoms with Crippen molar-refractivity contribution in [1.29, 1.82) is 0 Å². The van der Waals surface area contributed by atoms with Crippen molar-refractivity contribution in [1.82, 2.24) is 0 Å². The Hall–Kier alpha value is -1.28. The number of nitrogens with two attached hydrogens (primary N) is 1. The predicted molar refractivity (Wildman–Crippen MR) is 72.5 cm³/mol. The second-order valence-corrected chi connectivity index (χ2v) is 8.31. The van der Waals surface area contributed by atoms with E-state index in [1.54, 1.807) is 25.1 Å². The van der Waals surface area contributed by atoms with Gasteiger partial charge in [-0.2, -0.15) is 0 Å². The molecule has 0 bridgehead atoms. The van der Waals surface area contributed by atoms with Crippen molar-refractivity contribution >= 4 is 31.2 Å². The summed E-state index contributed by atoms with van der Waals surface area (Å²) in [5.74, 6) is 0. The van der Waals surface area contributed by atoms with Crippen molar-refractivity contribution in [3.63, 3.8) is 0 Å². The van der Waals surface area contributed by atoms with E-state index in [0.29, 0.717) is 11.4 Å². The number of anilines is 2. The molecule has 0 aliphatic heterocycles. The van der Waals surface area contributed by atoms with Gasteiger partial charge in [0.25, 0.3) is 0 Å². The molecule has 102 valence electrons. The summed E-state index contributed by atoms with van der Waals surface area (Å²) in [5.41, 5.74) is 6.36. The third-order valence-electron chi connectivity index (χ3n) is 2.14. The lowest BCUT2D eigenvalue weighted by atomic mass is 10.3. The van der Waals surface area contributed by atoms with Crippen LogP contribution in [-0.4, -0.2) is 34.7 Å². The Labute approximate surface area is 107 Å². The van der Waals surface area contributed by atoms with Crippen molar-refractivity contribution in [2.45, 2.75) is 6.92 Å². The monoisotopic (exact) mass is 292 g/mol. The van der Waals surface area contributed by atoms with E-state index in [2.05, 4.69) is 0 Å². The summed E-state index contributed by atoms with van der Waals surface area (Å²) in [4.78, 5) is 0. The van der Waals surface area contributed by atoms with Crippen LogP contribution < -0.4 is 10.0 Å². The Morgan fingerprint density at radius 3 is 2.28 bits per heavy atom. The molecule has 8 heteroatoms. The number of sulfonamides is 1. The highest BCUT2D eigenvalue weighted by Crippen LogP contribution is 2.21. The van der Waals surface area contributed by atoms with Gasteiger partial charge in [0.15, 0.2) is 14.9 Å². The smallest absolute Gasteiger partial charge is 0.249 e. The van der Waals surface area contributed by atoms with Crippen molar-refractivity contribution in [3.05, 3.63) is 24.3 Å². The molecule has 2 N–H and O–H groups in total. The van der Waals surface area contributed by atoms with Crippen LogP contribution in [0, 0.1) is 0 Å². The number of hydrogen-bond acceptors (Lipinski definition) is 5. The number of sulfone groups is 1. The van der Waals surface area contributed by atoms with Crippen LogP contribution in [0.25, 0.3) is 0 Å². The summed E-state index contributed by atoms with van der Waals surface area (Å²) in [5, 5.41) is -0.914. The van der Waals surface area contributed by atoms with E-state index in [1.807, 2.05) is 0 Å². The van der Waals surface area contributed by atoms with E-state index in [-0.39, 0.29) is 6.54 Å². The fourth-order valence-corrected chi connectivity index (χ4v) is 5.06. The molecular weight excluding hydrogens is 276 g/mol. The highest BCUT2D eigenvalue weighted by Gasteiger charge is 2.25. The Morgan fingerprint density at radius 2 is 1.83 bits per heavy atom. The average Bonchev–Trinajstić information content (AvgIpc) is 2.13. The zero-order valence-corrected chi connectivity index (χ0v) is 11.8. The average molecular weight is 292 g/mol. The van der Waals surface area contributed by atoms with Crippen molar-refractivity contribution < 1.29 is 16.8 Å². The Bertz CT molecular complexity index is 623. The zero-order valence-electron chi connectivity index (χ0n) is 10.2. The minimum absolute atomic E-state index is 0.140. The highest BCUT2D eigenvalue weighted by atomic mass is 32.3. The number of hydrogen-bond donors (Lipinski definition) is 1. The van der Waals surface area contributed by atoms with Crippen molar-refractivity contribution in [2.24, 2.45) is 0 Å². The first kappa shape index (κ1) is 14.8. The van der Waals surface area contributed by atoms with Gasteiger partial charge in [0.1, 0.15) is 0 Å². The van der Waals surface area contributed by atoms with Gasteiger partial charge in [-0.25, -0.2) is 16.8 Å². The number of rotatable bonds is 5. The van der Waals surface area contributed by atoms with Crippen molar-refractivity contribution in [2.75, 3.05) is 27.9 Å². The fraction of sp³-hybridized carbons (Fsp3) is 0.400. The molecule has 0 aliphatic rings. The highest BCUT2D eigenvalue weighted by molar-refractivity contribution is 8.08. The Balaban J connectivity index is 3.19. The summed E-state index contributed by atoms with van der Waals surface area (Å²) in [6, 6.07) is 6.30. The molecule has 0 aliphatic carbocycles. The summed E-state index contributed by atoms with van der Waals surface area (Å²) < 4.78 is 47.3. The normalized spacial score (nSPS) is 12.3. The topological polar surface area (TPSA) is 97.5 Å². The van der Waals surface area contributed by atoms with Crippen LogP contribution in [0.3, 0.4) is 0 Å². The molecule has 0 amide bonds. The molecule has 18 heavy (non-hydrogen) atoms. The molecule has 0 fully saturated rings. The molecule has 6 nitrogen and oxygen atoms in total. The van der Waals surface area contributed by atoms with E-state index < -0.39 is 24.9 Å². The van der Waals surface area contributed by atoms with E-state index in [1.165, 1.54) is 6.07 Å². The maximum atomic E-state index is 12.0. The van der Waals surface area contributed by atoms with Crippen LogP contribution in [0.5, 0.6) is 0 Å². The first-order valence-corrected chi connectivity index (χ1v) is 8.86. The third kappa shape index (κ3) is 3.88. The minimum Gasteiger partial charge on any atom is -0.399 e. The van der Waals surface area contributed by atoms with Gasteiger partial charge in [0.05, 0.1) is 5.69 Å². The Morgan fingerprint density at radius 1 is 1.22 bits per heavy atom. The molecule has 0 saturated heterocycles. The molecule has 0 heterocycles. The van der Waals surface area contributed by atoms with Crippen molar-refractivity contribution in [3.8, 4) is 0 Å². The summed E-state index contributed by atoms with van der Waals surface area (Å²) in [7, 11) is -7.53. The quantitative estimate of drug-likeness (QED) is 0.793. The fourth-order valence-electron chi connectivity index (χ4n) is 1.55. The van der Waals surface area contributed by atoms with Crippen LogP contribution in [0.15, 0.2) is 24.3 Å². The lowest BCUT2D eigenvalue weighted by Crippen LogP contribution is -2.35. The van der Waals surface area contributed by atoms with E-state index in [0.717, 1.165) is 10.6 Å². The lowest BCUT2D eigenvalue weighted by Gasteiger charge is -2.22. The zero-order chi connectivity index (χ0) is 14.0. The molecular formula is C10H16N2O4S2. The van der Waals surface area contributed by atoms with Gasteiger partial charge in [-0.05, 0) is 25.1 Å². The number of nitrogen functional groups attached to an aromatic ring is 1. The molecule has 1 aromatic rings. The largest absolute Gasteiger partial charge is 0.399 e. The standard InChI is InChI=1S/C10H16N2O4S2/c1-3-12(10-6-4-5-9(11)7-10)18(15,16)8-17(2,13)14/h4-7H,3,8,11H2,1-2H3. The molecule has 0 unspecified atom stereocenters. The van der Waals surface area contributed by atoms with Gasteiger partial charge in [-0.15, -0.1) is 0 Å². The van der Waals surface area contributed by atoms with Crippen LogP contribution in [0.2, 0.25) is 0 Å². The van der Waals surface area contributed by atoms with Crippen LogP contribution in [0.1, 0.15) is 6.92 Å². The van der Waals surface area contributed by atoms with Gasteiger partial charge in [-0.1, -0.05) is 6.07 Å². The van der Waals surface area contributed by atoms with E-state index in [9.17, 15) is 16.8 Å². The number of benzene rings is 1. The van der Waals surface area contributed by atoms with E-state index in [4.69, 9.17) is 5.73 Å². The third-order valence-corrected chi connectivity index (χ3v) is 6.19. The van der Waals surface area contributed by atoms with Crippen LogP contribution >= 0.6 is 0 Å². The second kappa shape index (κ2) is 5.15. The second-order valence-electron chi connectivity index (χ2n) is 3.92. The SMILES string of the molecule is CCN(c1cccc(N)c1)S(=O)(=O)CS(C)(=O)=O. The maximum Gasteiger partial charge on any atom is 0.249 e. The summed E-state index contributed by atoms with van der Waals surface area (Å²) in [6.07, 6.45) is 0.887. The number of nitrogens with zero attached hydrogens (tertiary/aromatic N) is 1. The summed E-state index contributed by atoms with van der Waals surface area (Å²) >= 11 is 0. The van der Waals surface area contributed by atoms with Crippen LogP contribution in [-0.2, 0) is 19.9 Å². The lowest BCUT2D eigenvalue weighted by molar-refractivity contribution is 0.589. The molecule has 0 saturated carbocycles. The first-order chi connectivity index (χ1) is 8.15. The Kier molecular flexibility index (Phi) is 4.23. The molecule has 0 spiro atoms. The van der Waals surface area contributed by atoms with Gasteiger partial charge < -0.3 is 5.73 Å². The van der Waals surface area contributed by atoms with Gasteiger partial charge in [0.2, 0.25) is 10.0 Å². The minimum atomic E-state index is -3.91. The first-order valence-electron chi connectivity index (χ1n) is 5.19. The molecule has 1 rings (SSSR count). The van der Waals surface area contributed by atoms with Gasteiger partial charge in [0, 0.05) is 18.5 Å². The van der Waals surface area contributed by atoms with E-state index >= 15 is 0 Å². The molecule has 0 atom stereocenters. The molecule has 0 aromatic heterocycles. The molecule has 0 radical (unpaired) electrons. The van der Waals surface area contributed by atoms with Crippen LogP contribution in [0.4, 0.5) is 11.4 Å². The van der Waals surface area contributed by atoms with Gasteiger partial charge >= 0.3 is 0 Å².